The van der Waals surface area contributed by atoms with Crippen molar-refractivity contribution in [3.05, 3.63) is 46.5 Å². The number of amides is 2. The third-order valence-electron chi connectivity index (χ3n) is 5.98. The highest BCUT2D eigenvalue weighted by Crippen LogP contribution is 2.42. The third kappa shape index (κ3) is 3.85. The number of anilines is 1. The molecule has 0 spiro atoms. The maximum absolute atomic E-state index is 15.1. The molecule has 10 heteroatoms. The smallest absolute Gasteiger partial charge is 0.322 e. The Hall–Kier alpha value is -3.06. The molecule has 1 aromatic heterocycles. The van der Waals surface area contributed by atoms with Crippen LogP contribution in [0.4, 0.5) is 23.7 Å². The molecule has 1 unspecified atom stereocenters. The molecule has 2 N–H and O–H groups in total. The van der Waals surface area contributed by atoms with Crippen molar-refractivity contribution in [3.63, 3.8) is 0 Å². The van der Waals surface area contributed by atoms with Crippen molar-refractivity contribution in [1.29, 1.82) is 5.26 Å². The number of aliphatic hydroxyl groups excluding tert-OH is 1. The van der Waals surface area contributed by atoms with Crippen LogP contribution in [0.1, 0.15) is 42.3 Å². The second kappa shape index (κ2) is 7.89. The van der Waals surface area contributed by atoms with Crippen LogP contribution in [-0.2, 0) is 25.4 Å². The fraction of sp³-hybridized carbons (Fsp3) is 0.476. The zero-order valence-electron chi connectivity index (χ0n) is 16.9. The van der Waals surface area contributed by atoms with Gasteiger partial charge in [0.25, 0.3) is 5.92 Å². The van der Waals surface area contributed by atoms with Crippen LogP contribution in [0.3, 0.4) is 0 Å². The Balaban J connectivity index is 1.61. The predicted octanol–water partition coefficient (Wildman–Crippen LogP) is 3.37. The van der Waals surface area contributed by atoms with Gasteiger partial charge in [-0.15, -0.1) is 0 Å². The summed E-state index contributed by atoms with van der Waals surface area (Å²) in [4.78, 5) is 14.3. The van der Waals surface area contributed by atoms with Gasteiger partial charge in [0.2, 0.25) is 0 Å². The lowest BCUT2D eigenvalue weighted by Gasteiger charge is -2.34. The molecule has 2 aliphatic rings. The van der Waals surface area contributed by atoms with Crippen molar-refractivity contribution in [3.8, 4) is 6.07 Å². The second-order valence-electron chi connectivity index (χ2n) is 8.16. The average Bonchev–Trinajstić information content (AvgIpc) is 3.03. The van der Waals surface area contributed by atoms with E-state index in [1.165, 1.54) is 21.7 Å². The number of aliphatic hydroxyl groups is 1. The minimum absolute atomic E-state index is 0.0383. The number of aromatic nitrogens is 2. The third-order valence-corrected chi connectivity index (χ3v) is 5.98. The number of aryl methyl sites for hydroxylation is 1. The van der Waals surface area contributed by atoms with Crippen molar-refractivity contribution in [1.82, 2.24) is 14.7 Å². The standard InChI is InChI=1S/C21H22F3N5O2/c1-12-6-18-16(19-21(23,24)8-13(11-30)4-5-29(19)27-18)10-28(12)20(31)26-15-2-3-17(22)14(7-15)9-25/h2-3,7,12-13,30H,4-6,8,10-11H2,1H3,(H,26,31)/t12-,13?/m1/s1. The summed E-state index contributed by atoms with van der Waals surface area (Å²) in [6, 6.07) is 4.54. The molecule has 31 heavy (non-hydrogen) atoms. The van der Waals surface area contributed by atoms with Gasteiger partial charge in [0.05, 0.1) is 17.8 Å². The predicted molar refractivity (Wildman–Crippen MR) is 105 cm³/mol. The molecule has 0 aliphatic carbocycles. The number of carbonyl (C=O) groups is 1. The zero-order valence-corrected chi connectivity index (χ0v) is 16.9. The average molecular weight is 433 g/mol. The maximum Gasteiger partial charge on any atom is 0.322 e. The Morgan fingerprint density at radius 1 is 1.45 bits per heavy atom. The molecule has 0 saturated carbocycles. The molecule has 2 atom stereocenters. The molecule has 2 aromatic rings. The minimum atomic E-state index is -3.16. The van der Waals surface area contributed by atoms with E-state index in [2.05, 4.69) is 10.4 Å². The number of rotatable bonds is 2. The molecule has 0 fully saturated rings. The van der Waals surface area contributed by atoms with Crippen LogP contribution < -0.4 is 5.32 Å². The van der Waals surface area contributed by atoms with E-state index in [4.69, 9.17) is 5.26 Å². The van der Waals surface area contributed by atoms with Crippen LogP contribution in [0, 0.1) is 23.1 Å². The van der Waals surface area contributed by atoms with Crippen molar-refractivity contribution >= 4 is 11.7 Å². The molecule has 2 amide bonds. The van der Waals surface area contributed by atoms with Gasteiger partial charge in [-0.1, -0.05) is 0 Å². The SMILES string of the molecule is C[C@@H]1Cc2nn3c(c2CN1C(=O)Nc1ccc(F)c(C#N)c1)C(F)(F)CC(CO)CC3. The monoisotopic (exact) mass is 433 g/mol. The van der Waals surface area contributed by atoms with Crippen LogP contribution in [-0.4, -0.2) is 38.5 Å². The number of nitrogens with zero attached hydrogens (tertiary/aromatic N) is 4. The molecule has 0 radical (unpaired) electrons. The molecule has 1 aromatic carbocycles. The zero-order chi connectivity index (χ0) is 22.3. The summed E-state index contributed by atoms with van der Waals surface area (Å²) in [5, 5.41) is 25.4. The normalized spacial score (nSPS) is 22.1. The summed E-state index contributed by atoms with van der Waals surface area (Å²) in [6.07, 6.45) is 0.274. The van der Waals surface area contributed by atoms with Gasteiger partial charge in [-0.2, -0.15) is 19.1 Å². The molecule has 3 heterocycles. The first-order valence-corrected chi connectivity index (χ1v) is 10.1. The van der Waals surface area contributed by atoms with E-state index < -0.39 is 30.1 Å². The second-order valence-corrected chi connectivity index (χ2v) is 8.16. The fourth-order valence-corrected chi connectivity index (χ4v) is 4.34. The van der Waals surface area contributed by atoms with E-state index >= 15 is 8.78 Å². The van der Waals surface area contributed by atoms with Crippen LogP contribution >= 0.6 is 0 Å². The Morgan fingerprint density at radius 2 is 2.23 bits per heavy atom. The molecule has 4 rings (SSSR count). The molecule has 0 saturated heterocycles. The number of urea groups is 1. The largest absolute Gasteiger partial charge is 0.396 e. The van der Waals surface area contributed by atoms with Gasteiger partial charge in [0, 0.05) is 43.3 Å². The Morgan fingerprint density at radius 3 is 2.94 bits per heavy atom. The summed E-state index contributed by atoms with van der Waals surface area (Å²) >= 11 is 0. The number of nitriles is 1. The molecule has 2 aliphatic heterocycles. The van der Waals surface area contributed by atoms with Crippen molar-refractivity contribution in [2.24, 2.45) is 5.92 Å². The van der Waals surface area contributed by atoms with E-state index in [1.54, 1.807) is 13.0 Å². The van der Waals surface area contributed by atoms with Gasteiger partial charge in [-0.3, -0.25) is 4.68 Å². The van der Waals surface area contributed by atoms with Gasteiger partial charge in [0.15, 0.2) is 0 Å². The lowest BCUT2D eigenvalue weighted by molar-refractivity contribution is -0.0386. The Bertz CT molecular complexity index is 1060. The van der Waals surface area contributed by atoms with Crippen molar-refractivity contribution < 1.29 is 23.1 Å². The number of hydrogen-bond donors (Lipinski definition) is 2. The number of carbonyl (C=O) groups excluding carboxylic acids is 1. The molecule has 164 valence electrons. The topological polar surface area (TPSA) is 94.2 Å². The number of alkyl halides is 2. The molecular weight excluding hydrogens is 411 g/mol. The number of nitrogens with one attached hydrogen (secondary N) is 1. The maximum atomic E-state index is 15.1. The lowest BCUT2D eigenvalue weighted by atomic mass is 9.93. The first-order chi connectivity index (χ1) is 14.7. The Kier molecular flexibility index (Phi) is 5.39. The summed E-state index contributed by atoms with van der Waals surface area (Å²) < 4.78 is 45.0. The van der Waals surface area contributed by atoms with Crippen molar-refractivity contribution in [2.45, 2.75) is 51.2 Å². The molecule has 7 nitrogen and oxygen atoms in total. The van der Waals surface area contributed by atoms with Gasteiger partial charge in [0.1, 0.15) is 17.6 Å². The molecule has 0 bridgehead atoms. The highest BCUT2D eigenvalue weighted by molar-refractivity contribution is 5.90. The fourth-order valence-electron chi connectivity index (χ4n) is 4.34. The minimum Gasteiger partial charge on any atom is -0.396 e. The van der Waals surface area contributed by atoms with E-state index in [-0.39, 0.29) is 42.7 Å². The van der Waals surface area contributed by atoms with E-state index in [0.717, 1.165) is 6.07 Å². The quantitative estimate of drug-likeness (QED) is 0.759. The summed E-state index contributed by atoms with van der Waals surface area (Å²) in [5.74, 6) is -4.36. The summed E-state index contributed by atoms with van der Waals surface area (Å²) in [5.41, 5.74) is 0.755. The summed E-state index contributed by atoms with van der Waals surface area (Å²) in [6.45, 7) is 1.74. The van der Waals surface area contributed by atoms with Crippen LogP contribution in [0.15, 0.2) is 18.2 Å². The van der Waals surface area contributed by atoms with Crippen LogP contribution in [0.25, 0.3) is 0 Å². The lowest BCUT2D eigenvalue weighted by Crippen LogP contribution is -2.45. The first-order valence-electron chi connectivity index (χ1n) is 10.1. The number of hydrogen-bond acceptors (Lipinski definition) is 4. The van der Waals surface area contributed by atoms with Crippen LogP contribution in [0.2, 0.25) is 0 Å². The first kappa shape index (κ1) is 21.2. The highest BCUT2D eigenvalue weighted by atomic mass is 19.3. The van der Waals surface area contributed by atoms with E-state index in [0.29, 0.717) is 24.1 Å². The number of benzene rings is 1. The van der Waals surface area contributed by atoms with Gasteiger partial charge >= 0.3 is 6.03 Å². The molecular formula is C21H22F3N5O2. The van der Waals surface area contributed by atoms with Crippen LogP contribution in [0.5, 0.6) is 0 Å². The van der Waals surface area contributed by atoms with Crippen molar-refractivity contribution in [2.75, 3.05) is 11.9 Å². The van der Waals surface area contributed by atoms with Gasteiger partial charge < -0.3 is 15.3 Å². The van der Waals surface area contributed by atoms with E-state index in [1.807, 2.05) is 0 Å². The number of fused-ring (bicyclic) bond motifs is 3. The summed E-state index contributed by atoms with van der Waals surface area (Å²) in [7, 11) is 0. The Labute approximate surface area is 177 Å². The highest BCUT2D eigenvalue weighted by Gasteiger charge is 2.45. The van der Waals surface area contributed by atoms with E-state index in [9.17, 15) is 14.3 Å². The van der Waals surface area contributed by atoms with Gasteiger partial charge in [-0.25, -0.2) is 9.18 Å². The van der Waals surface area contributed by atoms with Gasteiger partial charge in [-0.05, 0) is 37.5 Å². The number of halogens is 3.